The van der Waals surface area contributed by atoms with Crippen molar-refractivity contribution in [1.82, 2.24) is 15.0 Å². The van der Waals surface area contributed by atoms with Crippen molar-refractivity contribution >= 4 is 0 Å². The van der Waals surface area contributed by atoms with Crippen LogP contribution in [-0.4, -0.2) is 15.0 Å². The van der Waals surface area contributed by atoms with Crippen LogP contribution in [0.25, 0.3) is 11.3 Å². The third-order valence-corrected chi connectivity index (χ3v) is 1.94. The van der Waals surface area contributed by atoms with E-state index in [9.17, 15) is 0 Å². The number of nitrogens with one attached hydrogen (secondary N) is 1. The SMILES string of the molecule is CCc1cncc(-c2cc[nH]c2)n1. The average Bonchev–Trinajstić information content (AvgIpc) is 2.71. The van der Waals surface area contributed by atoms with Crippen molar-refractivity contribution in [3.05, 3.63) is 36.5 Å². The molecule has 0 atom stereocenters. The molecule has 1 N–H and O–H groups in total. The maximum absolute atomic E-state index is 4.45. The van der Waals surface area contributed by atoms with E-state index in [4.69, 9.17) is 0 Å². The Kier molecular flexibility index (Phi) is 2.08. The lowest BCUT2D eigenvalue weighted by Crippen LogP contribution is -1.90. The Bertz CT molecular complexity index is 379. The van der Waals surface area contributed by atoms with E-state index in [0.29, 0.717) is 0 Å². The maximum Gasteiger partial charge on any atom is 0.0903 e. The predicted octanol–water partition coefficient (Wildman–Crippen LogP) is 2.03. The fourth-order valence-corrected chi connectivity index (χ4v) is 1.20. The van der Waals surface area contributed by atoms with Crippen LogP contribution in [0.2, 0.25) is 0 Å². The Balaban J connectivity index is 2.41. The van der Waals surface area contributed by atoms with E-state index in [1.807, 2.05) is 18.5 Å². The molecule has 2 aromatic heterocycles. The first-order valence-electron chi connectivity index (χ1n) is 4.34. The van der Waals surface area contributed by atoms with Crippen LogP contribution < -0.4 is 0 Å². The zero-order chi connectivity index (χ0) is 9.10. The Morgan fingerprint density at radius 3 is 3.00 bits per heavy atom. The molecule has 0 bridgehead atoms. The molecule has 0 aliphatic heterocycles. The highest BCUT2D eigenvalue weighted by atomic mass is 14.8. The molecule has 0 aliphatic rings. The Morgan fingerprint density at radius 1 is 1.38 bits per heavy atom. The number of H-pyrrole nitrogens is 1. The summed E-state index contributed by atoms with van der Waals surface area (Å²) in [6.45, 7) is 2.07. The van der Waals surface area contributed by atoms with Gasteiger partial charge in [-0.25, -0.2) is 4.98 Å². The first-order chi connectivity index (χ1) is 6.40. The third-order valence-electron chi connectivity index (χ3n) is 1.94. The fraction of sp³-hybridized carbons (Fsp3) is 0.200. The Morgan fingerprint density at radius 2 is 2.31 bits per heavy atom. The lowest BCUT2D eigenvalue weighted by molar-refractivity contribution is 1.00. The van der Waals surface area contributed by atoms with Gasteiger partial charge in [0.25, 0.3) is 0 Å². The van der Waals surface area contributed by atoms with Gasteiger partial charge in [-0.1, -0.05) is 6.92 Å². The summed E-state index contributed by atoms with van der Waals surface area (Å²) < 4.78 is 0. The first-order valence-corrected chi connectivity index (χ1v) is 4.34. The Hall–Kier alpha value is -1.64. The smallest absolute Gasteiger partial charge is 0.0903 e. The molecule has 0 radical (unpaired) electrons. The lowest BCUT2D eigenvalue weighted by atomic mass is 10.2. The van der Waals surface area contributed by atoms with Crippen LogP contribution in [0.4, 0.5) is 0 Å². The van der Waals surface area contributed by atoms with E-state index >= 15 is 0 Å². The van der Waals surface area contributed by atoms with Gasteiger partial charge in [0.1, 0.15) is 0 Å². The predicted molar refractivity (Wildman–Crippen MR) is 51.2 cm³/mol. The van der Waals surface area contributed by atoms with Crippen LogP contribution >= 0.6 is 0 Å². The second-order valence-electron chi connectivity index (χ2n) is 2.85. The second-order valence-corrected chi connectivity index (χ2v) is 2.85. The number of aromatic amines is 1. The average molecular weight is 173 g/mol. The number of hydrogen-bond donors (Lipinski definition) is 1. The molecular weight excluding hydrogens is 162 g/mol. The molecule has 2 heterocycles. The van der Waals surface area contributed by atoms with Crippen molar-refractivity contribution in [2.45, 2.75) is 13.3 Å². The summed E-state index contributed by atoms with van der Waals surface area (Å²) in [5.41, 5.74) is 3.04. The normalized spacial score (nSPS) is 10.2. The van der Waals surface area contributed by atoms with Gasteiger partial charge in [-0.15, -0.1) is 0 Å². The monoisotopic (exact) mass is 173 g/mol. The zero-order valence-corrected chi connectivity index (χ0v) is 7.49. The van der Waals surface area contributed by atoms with Crippen molar-refractivity contribution in [3.8, 4) is 11.3 Å². The highest BCUT2D eigenvalue weighted by Gasteiger charge is 2.00. The molecule has 0 aromatic carbocycles. The molecule has 2 rings (SSSR count). The molecular formula is C10H11N3. The molecule has 3 heteroatoms. The van der Waals surface area contributed by atoms with Crippen molar-refractivity contribution < 1.29 is 0 Å². The maximum atomic E-state index is 4.45. The molecule has 0 unspecified atom stereocenters. The van der Waals surface area contributed by atoms with Gasteiger partial charge in [0, 0.05) is 24.2 Å². The fourth-order valence-electron chi connectivity index (χ4n) is 1.20. The van der Waals surface area contributed by atoms with Gasteiger partial charge < -0.3 is 4.98 Å². The van der Waals surface area contributed by atoms with Gasteiger partial charge in [0.15, 0.2) is 0 Å². The highest BCUT2D eigenvalue weighted by molar-refractivity contribution is 5.56. The van der Waals surface area contributed by atoms with Crippen LogP contribution in [0.5, 0.6) is 0 Å². The minimum Gasteiger partial charge on any atom is -0.367 e. The van der Waals surface area contributed by atoms with Gasteiger partial charge in [-0.3, -0.25) is 4.98 Å². The summed E-state index contributed by atoms with van der Waals surface area (Å²) in [5.74, 6) is 0. The van der Waals surface area contributed by atoms with Crippen molar-refractivity contribution in [3.63, 3.8) is 0 Å². The first kappa shape index (κ1) is 7.98. The summed E-state index contributed by atoms with van der Waals surface area (Å²) in [6.07, 6.45) is 8.31. The topological polar surface area (TPSA) is 41.6 Å². The second kappa shape index (κ2) is 3.39. The highest BCUT2D eigenvalue weighted by Crippen LogP contribution is 2.14. The molecule has 0 saturated carbocycles. The third kappa shape index (κ3) is 1.59. The summed E-state index contributed by atoms with van der Waals surface area (Å²) in [6, 6.07) is 1.99. The summed E-state index contributed by atoms with van der Waals surface area (Å²) in [7, 11) is 0. The van der Waals surface area contributed by atoms with Gasteiger partial charge in [0.05, 0.1) is 17.6 Å². The van der Waals surface area contributed by atoms with E-state index < -0.39 is 0 Å². The lowest BCUT2D eigenvalue weighted by Gasteiger charge is -1.98. The minimum atomic E-state index is 0.922. The van der Waals surface area contributed by atoms with Crippen LogP contribution in [0.1, 0.15) is 12.6 Å². The summed E-state index contributed by atoms with van der Waals surface area (Å²) in [5, 5.41) is 0. The molecule has 0 aliphatic carbocycles. The van der Waals surface area contributed by atoms with E-state index in [1.54, 1.807) is 12.4 Å². The van der Waals surface area contributed by atoms with E-state index in [2.05, 4.69) is 21.9 Å². The molecule has 0 fully saturated rings. The molecule has 2 aromatic rings. The van der Waals surface area contributed by atoms with Crippen LogP contribution in [0.15, 0.2) is 30.9 Å². The Labute approximate surface area is 76.9 Å². The summed E-state index contributed by atoms with van der Waals surface area (Å²) >= 11 is 0. The standard InChI is InChI=1S/C10H11N3/c1-2-9-6-12-7-10(13-9)8-3-4-11-5-8/h3-7,11H,2H2,1H3. The van der Waals surface area contributed by atoms with Crippen LogP contribution in [0, 0.1) is 0 Å². The minimum absolute atomic E-state index is 0.922. The summed E-state index contributed by atoms with van der Waals surface area (Å²) in [4.78, 5) is 11.6. The van der Waals surface area contributed by atoms with E-state index in [1.165, 1.54) is 0 Å². The van der Waals surface area contributed by atoms with Gasteiger partial charge >= 0.3 is 0 Å². The zero-order valence-electron chi connectivity index (χ0n) is 7.49. The number of hydrogen-bond acceptors (Lipinski definition) is 2. The molecule has 0 saturated heterocycles. The van der Waals surface area contributed by atoms with Crippen molar-refractivity contribution in [2.75, 3.05) is 0 Å². The van der Waals surface area contributed by atoms with Gasteiger partial charge in [-0.05, 0) is 12.5 Å². The number of aryl methyl sites for hydroxylation is 1. The quantitative estimate of drug-likeness (QED) is 0.755. The van der Waals surface area contributed by atoms with Crippen LogP contribution in [-0.2, 0) is 6.42 Å². The van der Waals surface area contributed by atoms with Crippen LogP contribution in [0.3, 0.4) is 0 Å². The molecule has 66 valence electrons. The molecule has 0 amide bonds. The van der Waals surface area contributed by atoms with Gasteiger partial charge in [-0.2, -0.15) is 0 Å². The molecule has 13 heavy (non-hydrogen) atoms. The largest absolute Gasteiger partial charge is 0.367 e. The van der Waals surface area contributed by atoms with E-state index in [-0.39, 0.29) is 0 Å². The van der Waals surface area contributed by atoms with Crippen molar-refractivity contribution in [2.24, 2.45) is 0 Å². The van der Waals surface area contributed by atoms with Crippen molar-refractivity contribution in [1.29, 1.82) is 0 Å². The molecule has 0 spiro atoms. The number of nitrogens with zero attached hydrogens (tertiary/aromatic N) is 2. The number of rotatable bonds is 2. The van der Waals surface area contributed by atoms with Gasteiger partial charge in [0.2, 0.25) is 0 Å². The van der Waals surface area contributed by atoms with E-state index in [0.717, 1.165) is 23.4 Å². The number of aromatic nitrogens is 3. The molecule has 3 nitrogen and oxygen atoms in total.